The molecule has 0 aliphatic carbocycles. The summed E-state index contributed by atoms with van der Waals surface area (Å²) in [5.74, 6) is 0.317. The zero-order chi connectivity index (χ0) is 21.5. The number of hydrogen-bond acceptors (Lipinski definition) is 5. The molecule has 1 atom stereocenters. The molecule has 1 heterocycles. The number of aryl methyl sites for hydroxylation is 1. The Bertz CT molecular complexity index is 876. The zero-order valence-corrected chi connectivity index (χ0v) is 19.5. The van der Waals surface area contributed by atoms with Crippen LogP contribution in [0.5, 0.6) is 11.5 Å². The summed E-state index contributed by atoms with van der Waals surface area (Å²) in [4.78, 5) is 24.2. The molecule has 1 unspecified atom stereocenters. The number of carbonyl (C=O) groups is 2. The van der Waals surface area contributed by atoms with Crippen LogP contribution in [0.2, 0.25) is 0 Å². The third kappa shape index (κ3) is 6.45. The van der Waals surface area contributed by atoms with Gasteiger partial charge in [-0.25, -0.2) is 0 Å². The van der Waals surface area contributed by atoms with E-state index < -0.39 is 11.8 Å². The first-order chi connectivity index (χ1) is 14.4. The molecular weight excluding hydrogens is 520 g/mol. The summed E-state index contributed by atoms with van der Waals surface area (Å²) in [7, 11) is 0. The van der Waals surface area contributed by atoms with E-state index in [9.17, 15) is 9.59 Å². The predicted molar refractivity (Wildman–Crippen MR) is 119 cm³/mol. The standard InChI is InChI=1S/C21H22Br2N2O5/c1-13-9-15(22)10-18(23)20(13)30-12-19(26)24-25-21(27)14-4-6-16(7-5-14)29-11-17-3-2-8-28-17/h4-7,9-10,17H,2-3,8,11-12H2,1H3,(H,24,26)(H,25,27). The number of ether oxygens (including phenoxy) is 3. The molecule has 160 valence electrons. The second-order valence-electron chi connectivity index (χ2n) is 6.80. The van der Waals surface area contributed by atoms with E-state index in [1.807, 2.05) is 19.1 Å². The van der Waals surface area contributed by atoms with Gasteiger partial charge < -0.3 is 14.2 Å². The van der Waals surface area contributed by atoms with Crippen LogP contribution in [0.3, 0.4) is 0 Å². The van der Waals surface area contributed by atoms with Crippen molar-refractivity contribution in [2.45, 2.75) is 25.9 Å². The normalized spacial score (nSPS) is 15.5. The lowest BCUT2D eigenvalue weighted by Gasteiger charge is -2.13. The summed E-state index contributed by atoms with van der Waals surface area (Å²) < 4.78 is 18.4. The van der Waals surface area contributed by atoms with Gasteiger partial charge in [-0.05, 0) is 77.7 Å². The van der Waals surface area contributed by atoms with Crippen LogP contribution in [-0.4, -0.2) is 37.7 Å². The van der Waals surface area contributed by atoms with Gasteiger partial charge in [0.05, 0.1) is 10.6 Å². The van der Waals surface area contributed by atoms with Crippen molar-refractivity contribution in [2.75, 3.05) is 19.8 Å². The topological polar surface area (TPSA) is 85.9 Å². The highest BCUT2D eigenvalue weighted by molar-refractivity contribution is 9.11. The molecule has 1 fully saturated rings. The maximum absolute atomic E-state index is 12.2. The van der Waals surface area contributed by atoms with Gasteiger partial charge in [-0.2, -0.15) is 0 Å². The minimum Gasteiger partial charge on any atom is -0.491 e. The smallest absolute Gasteiger partial charge is 0.276 e. The Balaban J connectivity index is 1.42. The van der Waals surface area contributed by atoms with Crippen LogP contribution in [0.15, 0.2) is 45.3 Å². The maximum atomic E-state index is 12.2. The Morgan fingerprint density at radius 3 is 2.57 bits per heavy atom. The molecule has 3 rings (SSSR count). The Hall–Kier alpha value is -2.10. The minimum absolute atomic E-state index is 0.132. The predicted octanol–water partition coefficient (Wildman–Crippen LogP) is 3.92. The molecule has 2 amide bonds. The van der Waals surface area contributed by atoms with Gasteiger partial charge in [0.1, 0.15) is 18.1 Å². The number of nitrogens with one attached hydrogen (secondary N) is 2. The lowest BCUT2D eigenvalue weighted by atomic mass is 10.2. The van der Waals surface area contributed by atoms with Gasteiger partial charge in [0.25, 0.3) is 11.8 Å². The summed E-state index contributed by atoms with van der Waals surface area (Å²) in [6.07, 6.45) is 2.19. The Kier molecular flexibility index (Phi) is 8.12. The number of rotatable bonds is 7. The van der Waals surface area contributed by atoms with E-state index >= 15 is 0 Å². The lowest BCUT2D eigenvalue weighted by molar-refractivity contribution is -0.123. The van der Waals surface area contributed by atoms with Crippen LogP contribution in [0.25, 0.3) is 0 Å². The van der Waals surface area contributed by atoms with Gasteiger partial charge in [0, 0.05) is 16.6 Å². The quantitative estimate of drug-likeness (QED) is 0.519. The van der Waals surface area contributed by atoms with Gasteiger partial charge in [-0.1, -0.05) is 15.9 Å². The van der Waals surface area contributed by atoms with Crippen molar-refractivity contribution in [3.8, 4) is 11.5 Å². The summed E-state index contributed by atoms with van der Waals surface area (Å²) in [5.41, 5.74) is 5.98. The minimum atomic E-state index is -0.478. The van der Waals surface area contributed by atoms with E-state index in [2.05, 4.69) is 42.7 Å². The van der Waals surface area contributed by atoms with E-state index in [1.54, 1.807) is 24.3 Å². The summed E-state index contributed by atoms with van der Waals surface area (Å²) in [6.45, 7) is 2.91. The van der Waals surface area contributed by atoms with E-state index in [4.69, 9.17) is 14.2 Å². The number of halogens is 2. The molecule has 7 nitrogen and oxygen atoms in total. The second kappa shape index (κ2) is 10.8. The average molecular weight is 542 g/mol. The van der Waals surface area contributed by atoms with Crippen LogP contribution in [0, 0.1) is 6.92 Å². The molecule has 9 heteroatoms. The number of benzene rings is 2. The highest BCUT2D eigenvalue weighted by Crippen LogP contribution is 2.32. The molecule has 0 bridgehead atoms. The Morgan fingerprint density at radius 1 is 1.13 bits per heavy atom. The van der Waals surface area contributed by atoms with Gasteiger partial charge >= 0.3 is 0 Å². The van der Waals surface area contributed by atoms with E-state index in [1.165, 1.54) is 0 Å². The monoisotopic (exact) mass is 540 g/mol. The van der Waals surface area contributed by atoms with Gasteiger partial charge in [0.15, 0.2) is 6.61 Å². The summed E-state index contributed by atoms with van der Waals surface area (Å²) >= 11 is 6.80. The van der Waals surface area contributed by atoms with Crippen molar-refractivity contribution in [1.82, 2.24) is 10.9 Å². The second-order valence-corrected chi connectivity index (χ2v) is 8.57. The molecule has 1 aliphatic rings. The van der Waals surface area contributed by atoms with Crippen LogP contribution >= 0.6 is 31.9 Å². The molecule has 1 aliphatic heterocycles. The van der Waals surface area contributed by atoms with Crippen molar-refractivity contribution in [1.29, 1.82) is 0 Å². The number of carbonyl (C=O) groups excluding carboxylic acids is 2. The number of hydrogen-bond donors (Lipinski definition) is 2. The maximum Gasteiger partial charge on any atom is 0.276 e. The SMILES string of the molecule is Cc1cc(Br)cc(Br)c1OCC(=O)NNC(=O)c1ccc(OCC2CCCO2)cc1. The van der Waals surface area contributed by atoms with Crippen molar-refractivity contribution >= 4 is 43.7 Å². The van der Waals surface area contributed by atoms with Crippen molar-refractivity contribution < 1.29 is 23.8 Å². The highest BCUT2D eigenvalue weighted by atomic mass is 79.9. The van der Waals surface area contributed by atoms with Crippen LogP contribution in [-0.2, 0) is 9.53 Å². The first-order valence-electron chi connectivity index (χ1n) is 9.44. The molecule has 0 radical (unpaired) electrons. The van der Waals surface area contributed by atoms with Gasteiger partial charge in [-0.3, -0.25) is 20.4 Å². The van der Waals surface area contributed by atoms with Crippen molar-refractivity contribution in [3.63, 3.8) is 0 Å². The molecule has 0 spiro atoms. The third-order valence-electron chi connectivity index (χ3n) is 4.43. The molecule has 2 aromatic rings. The van der Waals surface area contributed by atoms with E-state index in [-0.39, 0.29) is 12.7 Å². The molecule has 0 saturated carbocycles. The van der Waals surface area contributed by atoms with Crippen LogP contribution < -0.4 is 20.3 Å². The number of amides is 2. The first kappa shape index (κ1) is 22.6. The molecular formula is C21H22Br2N2O5. The third-order valence-corrected chi connectivity index (χ3v) is 5.48. The fourth-order valence-electron chi connectivity index (χ4n) is 2.91. The summed E-state index contributed by atoms with van der Waals surface area (Å²) in [6, 6.07) is 10.4. The zero-order valence-electron chi connectivity index (χ0n) is 16.4. The fraction of sp³-hybridized carbons (Fsp3) is 0.333. The molecule has 2 N–H and O–H groups in total. The highest BCUT2D eigenvalue weighted by Gasteiger charge is 2.16. The first-order valence-corrected chi connectivity index (χ1v) is 11.0. The van der Waals surface area contributed by atoms with E-state index in [0.717, 1.165) is 34.0 Å². The van der Waals surface area contributed by atoms with Crippen LogP contribution in [0.4, 0.5) is 0 Å². The number of hydrazine groups is 1. The fourth-order valence-corrected chi connectivity index (χ4v) is 4.47. The van der Waals surface area contributed by atoms with Crippen molar-refractivity contribution in [3.05, 3.63) is 56.5 Å². The molecule has 2 aromatic carbocycles. The molecule has 1 saturated heterocycles. The largest absolute Gasteiger partial charge is 0.491 e. The van der Waals surface area contributed by atoms with Crippen LogP contribution in [0.1, 0.15) is 28.8 Å². The summed E-state index contributed by atoms with van der Waals surface area (Å²) in [5, 5.41) is 0. The van der Waals surface area contributed by atoms with Gasteiger partial charge in [-0.15, -0.1) is 0 Å². The molecule has 30 heavy (non-hydrogen) atoms. The Morgan fingerprint density at radius 2 is 1.90 bits per heavy atom. The molecule has 0 aromatic heterocycles. The van der Waals surface area contributed by atoms with Crippen molar-refractivity contribution in [2.24, 2.45) is 0 Å². The Labute approximate surface area is 191 Å². The van der Waals surface area contributed by atoms with Gasteiger partial charge in [0.2, 0.25) is 0 Å². The lowest BCUT2D eigenvalue weighted by Crippen LogP contribution is -2.43. The average Bonchev–Trinajstić information content (AvgIpc) is 3.23. The van der Waals surface area contributed by atoms with E-state index in [0.29, 0.717) is 23.7 Å².